The number of rotatable bonds is 5. The third-order valence-electron chi connectivity index (χ3n) is 4.59. The van der Waals surface area contributed by atoms with E-state index < -0.39 is 0 Å². The lowest BCUT2D eigenvalue weighted by molar-refractivity contribution is -0.124. The summed E-state index contributed by atoms with van der Waals surface area (Å²) in [6.07, 6.45) is 0.891. The Morgan fingerprint density at radius 1 is 1.24 bits per heavy atom. The van der Waals surface area contributed by atoms with Crippen LogP contribution >= 0.6 is 11.3 Å². The van der Waals surface area contributed by atoms with Gasteiger partial charge in [0.2, 0.25) is 5.91 Å². The first-order valence-corrected chi connectivity index (χ1v) is 9.75. The van der Waals surface area contributed by atoms with Gasteiger partial charge in [-0.25, -0.2) is 0 Å². The van der Waals surface area contributed by atoms with Crippen LogP contribution in [0.2, 0.25) is 0 Å². The number of nitrogens with one attached hydrogen (secondary N) is 1. The maximum atomic E-state index is 12.0. The summed E-state index contributed by atoms with van der Waals surface area (Å²) in [5, 5.41) is 11.8. The van der Waals surface area contributed by atoms with Gasteiger partial charge in [0.25, 0.3) is 0 Å². The lowest BCUT2D eigenvalue weighted by atomic mass is 10.2. The molecule has 1 atom stereocenters. The number of aromatic nitrogens is 3. The van der Waals surface area contributed by atoms with Crippen molar-refractivity contribution in [3.05, 3.63) is 33.5 Å². The molecule has 1 unspecified atom stereocenters. The Hall–Kier alpha value is -1.73. The molecule has 0 saturated heterocycles. The summed E-state index contributed by atoms with van der Waals surface area (Å²) >= 11 is 1.87. The van der Waals surface area contributed by atoms with Crippen LogP contribution < -0.4 is 5.32 Å². The van der Waals surface area contributed by atoms with Gasteiger partial charge in [-0.15, -0.1) is 21.5 Å². The first-order chi connectivity index (χ1) is 11.9. The van der Waals surface area contributed by atoms with Gasteiger partial charge in [0.15, 0.2) is 5.82 Å². The van der Waals surface area contributed by atoms with Crippen molar-refractivity contribution in [1.29, 1.82) is 0 Å². The molecule has 1 N–H and O–H groups in total. The Balaban J connectivity index is 1.66. The van der Waals surface area contributed by atoms with E-state index in [0.717, 1.165) is 44.2 Å². The number of nitrogens with zero attached hydrogens (tertiary/aromatic N) is 4. The molecule has 0 saturated carbocycles. The van der Waals surface area contributed by atoms with Crippen LogP contribution in [0.5, 0.6) is 0 Å². The maximum Gasteiger partial charge on any atom is 0.223 e. The number of hydrogen-bond donors (Lipinski definition) is 1. The van der Waals surface area contributed by atoms with E-state index in [2.05, 4.69) is 44.0 Å². The van der Waals surface area contributed by atoms with Crippen molar-refractivity contribution in [2.45, 2.75) is 53.2 Å². The molecule has 0 aliphatic carbocycles. The summed E-state index contributed by atoms with van der Waals surface area (Å²) in [7, 11) is 0. The Morgan fingerprint density at radius 2 is 2.04 bits per heavy atom. The van der Waals surface area contributed by atoms with Gasteiger partial charge in [-0.3, -0.25) is 9.69 Å². The van der Waals surface area contributed by atoms with Crippen LogP contribution in [0.4, 0.5) is 0 Å². The van der Waals surface area contributed by atoms with Gasteiger partial charge in [0, 0.05) is 48.3 Å². The van der Waals surface area contributed by atoms with Crippen LogP contribution in [0, 0.1) is 12.8 Å². The first-order valence-electron chi connectivity index (χ1n) is 8.94. The molecule has 0 aromatic carbocycles. The molecule has 136 valence electrons. The van der Waals surface area contributed by atoms with E-state index >= 15 is 0 Å². The summed E-state index contributed by atoms with van der Waals surface area (Å²) in [4.78, 5) is 17.2. The fraction of sp³-hybridized carbons (Fsp3) is 0.611. The van der Waals surface area contributed by atoms with Gasteiger partial charge in [0.1, 0.15) is 5.82 Å². The number of aryl methyl sites for hydroxylation is 1. The van der Waals surface area contributed by atoms with E-state index in [1.165, 1.54) is 9.75 Å². The largest absolute Gasteiger partial charge is 0.346 e. The van der Waals surface area contributed by atoms with Crippen LogP contribution in [0.3, 0.4) is 0 Å². The second-order valence-corrected chi connectivity index (χ2v) is 8.42. The lowest BCUT2D eigenvalue weighted by Crippen LogP contribution is -2.32. The zero-order chi connectivity index (χ0) is 18.0. The minimum atomic E-state index is -0.123. The standard InChI is InChI=1S/C18H27N5OS/c1-12(2)18(24)19-14(4)17-21-20-16-7-8-22(9-10-23(16)17)11-15-6-5-13(3)25-15/h5-6,12,14H,7-11H2,1-4H3,(H,19,24). The normalized spacial score (nSPS) is 16.5. The van der Waals surface area contributed by atoms with Crippen molar-refractivity contribution in [2.24, 2.45) is 5.92 Å². The highest BCUT2D eigenvalue weighted by Crippen LogP contribution is 2.20. The number of amides is 1. The van der Waals surface area contributed by atoms with Crippen molar-refractivity contribution in [3.8, 4) is 0 Å². The van der Waals surface area contributed by atoms with Gasteiger partial charge in [-0.1, -0.05) is 13.8 Å². The molecule has 0 fully saturated rings. The molecule has 7 heteroatoms. The monoisotopic (exact) mass is 361 g/mol. The summed E-state index contributed by atoms with van der Waals surface area (Å²) in [5.74, 6) is 1.90. The molecule has 1 amide bonds. The Labute approximate surface area is 153 Å². The fourth-order valence-electron chi connectivity index (χ4n) is 3.10. The quantitative estimate of drug-likeness (QED) is 0.889. The molecule has 1 aliphatic rings. The van der Waals surface area contributed by atoms with Crippen LogP contribution in [-0.2, 0) is 24.3 Å². The second-order valence-electron chi connectivity index (χ2n) is 7.05. The van der Waals surface area contributed by atoms with Crippen molar-refractivity contribution < 1.29 is 4.79 Å². The highest BCUT2D eigenvalue weighted by molar-refractivity contribution is 7.11. The predicted octanol–water partition coefficient (Wildman–Crippen LogP) is 2.54. The van der Waals surface area contributed by atoms with Crippen LogP contribution in [-0.4, -0.2) is 38.7 Å². The van der Waals surface area contributed by atoms with E-state index in [0.29, 0.717) is 0 Å². The molecular formula is C18H27N5OS. The van der Waals surface area contributed by atoms with E-state index in [-0.39, 0.29) is 17.9 Å². The Kier molecular flexibility index (Phi) is 5.54. The fourth-order valence-corrected chi connectivity index (χ4v) is 4.04. The highest BCUT2D eigenvalue weighted by atomic mass is 32.1. The summed E-state index contributed by atoms with van der Waals surface area (Å²) < 4.78 is 2.19. The second kappa shape index (κ2) is 7.66. The van der Waals surface area contributed by atoms with Crippen molar-refractivity contribution in [2.75, 3.05) is 13.1 Å². The number of fused-ring (bicyclic) bond motifs is 1. The van der Waals surface area contributed by atoms with Gasteiger partial charge in [0.05, 0.1) is 6.04 Å². The smallest absolute Gasteiger partial charge is 0.223 e. The third kappa shape index (κ3) is 4.27. The number of carbonyl (C=O) groups is 1. The van der Waals surface area contributed by atoms with E-state index in [1.54, 1.807) is 0 Å². The van der Waals surface area contributed by atoms with Gasteiger partial charge in [-0.05, 0) is 26.0 Å². The van der Waals surface area contributed by atoms with Crippen molar-refractivity contribution in [1.82, 2.24) is 25.0 Å². The molecule has 3 rings (SSSR count). The van der Waals surface area contributed by atoms with Crippen LogP contribution in [0.25, 0.3) is 0 Å². The molecule has 1 aliphatic heterocycles. The van der Waals surface area contributed by atoms with Crippen LogP contribution in [0.15, 0.2) is 12.1 Å². The Morgan fingerprint density at radius 3 is 2.72 bits per heavy atom. The van der Waals surface area contributed by atoms with E-state index in [1.807, 2.05) is 32.1 Å². The first kappa shape index (κ1) is 18.1. The molecule has 0 spiro atoms. The molecule has 3 heterocycles. The van der Waals surface area contributed by atoms with E-state index in [4.69, 9.17) is 0 Å². The van der Waals surface area contributed by atoms with Crippen molar-refractivity contribution in [3.63, 3.8) is 0 Å². The topological polar surface area (TPSA) is 63.1 Å². The molecular weight excluding hydrogens is 334 g/mol. The van der Waals surface area contributed by atoms with Crippen LogP contribution in [0.1, 0.15) is 48.2 Å². The van der Waals surface area contributed by atoms with Crippen molar-refractivity contribution >= 4 is 17.2 Å². The van der Waals surface area contributed by atoms with E-state index in [9.17, 15) is 4.79 Å². The average Bonchev–Trinajstić information content (AvgIpc) is 3.10. The molecule has 6 nitrogen and oxygen atoms in total. The highest BCUT2D eigenvalue weighted by Gasteiger charge is 2.23. The lowest BCUT2D eigenvalue weighted by Gasteiger charge is -2.19. The zero-order valence-corrected chi connectivity index (χ0v) is 16.3. The summed E-state index contributed by atoms with van der Waals surface area (Å²) in [6, 6.07) is 4.28. The molecule has 2 aromatic rings. The maximum absolute atomic E-state index is 12.0. The average molecular weight is 362 g/mol. The minimum Gasteiger partial charge on any atom is -0.346 e. The number of hydrogen-bond acceptors (Lipinski definition) is 5. The zero-order valence-electron chi connectivity index (χ0n) is 15.5. The molecule has 0 bridgehead atoms. The predicted molar refractivity (Wildman–Crippen MR) is 99.5 cm³/mol. The van der Waals surface area contributed by atoms with Gasteiger partial charge >= 0.3 is 0 Å². The third-order valence-corrected chi connectivity index (χ3v) is 5.58. The van der Waals surface area contributed by atoms with Gasteiger partial charge < -0.3 is 9.88 Å². The SMILES string of the molecule is Cc1ccc(CN2CCc3nnc(C(C)NC(=O)C(C)C)n3CC2)s1. The number of thiophene rings is 1. The summed E-state index contributed by atoms with van der Waals surface area (Å²) in [6.45, 7) is 11.7. The Bertz CT molecular complexity index is 736. The molecule has 25 heavy (non-hydrogen) atoms. The summed E-state index contributed by atoms with van der Waals surface area (Å²) in [5.41, 5.74) is 0. The minimum absolute atomic E-state index is 0.0290. The number of carbonyl (C=O) groups excluding carboxylic acids is 1. The van der Waals surface area contributed by atoms with Gasteiger partial charge in [-0.2, -0.15) is 0 Å². The molecule has 2 aromatic heterocycles. The molecule has 0 radical (unpaired) electrons.